The molecule has 3 rings (SSSR count). The Balaban J connectivity index is 1.90. The van der Waals surface area contributed by atoms with Crippen LogP contribution in [0.15, 0.2) is 18.6 Å². The number of hydrogen-bond donors (Lipinski definition) is 5. The first kappa shape index (κ1) is 41.7. The van der Waals surface area contributed by atoms with Crippen LogP contribution in [-0.4, -0.2) is 110 Å². The van der Waals surface area contributed by atoms with Gasteiger partial charge in [-0.1, -0.05) is 41.0 Å². The maximum absolute atomic E-state index is 15.1. The second-order valence-corrected chi connectivity index (χ2v) is 13.8. The Kier molecular flexibility index (Phi) is 13.4. The molecule has 1 saturated heterocycles. The number of Topliss-reactive ketones (excluding diaryl/α,β-unsaturated/α-hetero) is 1. The fourth-order valence-electron chi connectivity index (χ4n) is 6.42. The number of carboxylic acids is 1. The molecule has 288 valence electrons. The SMILES string of the molecule is CCC[C@H](NC(=O)[C@@H]1[C@H]2CCC(F)(F)[C@H]2CN1C(=O)[C@@H](NC(=O)[C@@H](NC(=O)c1cnccn1)C(C)C)C(C)C)C(=O)C(F)(F)C(=O)N[C@@H](C)C(=O)O. The normalized spacial score (nSPS) is 21.8. The van der Waals surface area contributed by atoms with Crippen molar-refractivity contribution in [2.75, 3.05) is 6.54 Å². The van der Waals surface area contributed by atoms with Crippen molar-refractivity contribution in [2.24, 2.45) is 23.7 Å². The molecule has 2 aliphatic rings. The Morgan fingerprint density at radius 2 is 1.60 bits per heavy atom. The molecule has 2 heterocycles. The molecule has 1 aliphatic heterocycles. The number of fused-ring (bicyclic) bond motifs is 1. The molecular formula is C33H45F4N7O8. The lowest BCUT2D eigenvalue weighted by atomic mass is 9.91. The van der Waals surface area contributed by atoms with E-state index in [9.17, 15) is 33.6 Å². The van der Waals surface area contributed by atoms with Crippen LogP contribution in [0.25, 0.3) is 0 Å². The molecular weight excluding hydrogens is 698 g/mol. The van der Waals surface area contributed by atoms with Gasteiger partial charge in [-0.25, -0.2) is 13.8 Å². The van der Waals surface area contributed by atoms with Crippen LogP contribution in [-0.2, 0) is 28.8 Å². The van der Waals surface area contributed by atoms with Gasteiger partial charge in [0.2, 0.25) is 23.5 Å². The summed E-state index contributed by atoms with van der Waals surface area (Å²) < 4.78 is 60.2. The number of carbonyl (C=O) groups excluding carboxylic acids is 6. The van der Waals surface area contributed by atoms with Gasteiger partial charge in [0.25, 0.3) is 17.7 Å². The predicted octanol–water partition coefficient (Wildman–Crippen LogP) is 1.32. The summed E-state index contributed by atoms with van der Waals surface area (Å²) in [5, 5.41) is 17.8. The van der Waals surface area contributed by atoms with Gasteiger partial charge >= 0.3 is 11.9 Å². The van der Waals surface area contributed by atoms with E-state index < -0.39 is 126 Å². The third-order valence-electron chi connectivity index (χ3n) is 9.34. The number of aromatic nitrogens is 2. The van der Waals surface area contributed by atoms with Gasteiger partial charge in [0.1, 0.15) is 29.9 Å². The number of likely N-dealkylation sites (tertiary alicyclic amines) is 1. The van der Waals surface area contributed by atoms with Crippen molar-refractivity contribution < 1.29 is 56.2 Å². The van der Waals surface area contributed by atoms with Gasteiger partial charge in [-0.15, -0.1) is 0 Å². The van der Waals surface area contributed by atoms with E-state index in [-0.39, 0.29) is 18.5 Å². The monoisotopic (exact) mass is 743 g/mol. The van der Waals surface area contributed by atoms with Crippen molar-refractivity contribution in [3.8, 4) is 0 Å². The summed E-state index contributed by atoms with van der Waals surface area (Å²) in [5.74, 6) is -21.5. The first-order chi connectivity index (χ1) is 24.1. The molecule has 0 aromatic carbocycles. The van der Waals surface area contributed by atoms with Crippen LogP contribution in [0.5, 0.6) is 0 Å². The molecule has 1 aromatic rings. The molecule has 0 radical (unpaired) electrons. The van der Waals surface area contributed by atoms with Crippen LogP contribution in [0.4, 0.5) is 17.6 Å². The van der Waals surface area contributed by atoms with E-state index in [2.05, 4.69) is 25.9 Å². The summed E-state index contributed by atoms with van der Waals surface area (Å²) in [6, 6.07) is -8.04. The highest BCUT2D eigenvalue weighted by Gasteiger charge is 2.62. The topological polar surface area (TPSA) is 217 Å². The highest BCUT2D eigenvalue weighted by atomic mass is 19.3. The van der Waals surface area contributed by atoms with Crippen molar-refractivity contribution in [1.82, 2.24) is 36.1 Å². The highest BCUT2D eigenvalue weighted by molar-refractivity contribution is 6.11. The van der Waals surface area contributed by atoms with Crippen molar-refractivity contribution in [2.45, 2.75) is 109 Å². The molecule has 7 atom stereocenters. The Morgan fingerprint density at radius 1 is 0.962 bits per heavy atom. The summed E-state index contributed by atoms with van der Waals surface area (Å²) in [6.07, 6.45) is 2.61. The fraction of sp³-hybridized carbons (Fsp3) is 0.667. The molecule has 1 aromatic heterocycles. The van der Waals surface area contributed by atoms with Gasteiger partial charge in [0, 0.05) is 31.3 Å². The fourth-order valence-corrected chi connectivity index (χ4v) is 6.42. The first-order valence-corrected chi connectivity index (χ1v) is 17.0. The van der Waals surface area contributed by atoms with E-state index in [1.165, 1.54) is 30.8 Å². The quantitative estimate of drug-likeness (QED) is 0.121. The Morgan fingerprint density at radius 3 is 2.13 bits per heavy atom. The van der Waals surface area contributed by atoms with E-state index in [1.807, 2.05) is 0 Å². The van der Waals surface area contributed by atoms with Crippen LogP contribution in [0, 0.1) is 23.7 Å². The number of amides is 5. The lowest BCUT2D eigenvalue weighted by molar-refractivity contribution is -0.162. The lowest BCUT2D eigenvalue weighted by Crippen LogP contribution is -2.61. The number of hydrogen-bond acceptors (Lipinski definition) is 9. The van der Waals surface area contributed by atoms with Crippen LogP contribution < -0.4 is 21.3 Å². The Bertz CT molecular complexity index is 1530. The van der Waals surface area contributed by atoms with Gasteiger partial charge in [0.05, 0.1) is 12.2 Å². The number of aliphatic carboxylic acids is 1. The van der Waals surface area contributed by atoms with Gasteiger partial charge in [-0.2, -0.15) is 8.78 Å². The van der Waals surface area contributed by atoms with Gasteiger partial charge in [-0.3, -0.25) is 38.5 Å². The number of halogens is 4. The largest absolute Gasteiger partial charge is 0.480 e. The smallest absolute Gasteiger partial charge is 0.383 e. The molecule has 15 nitrogen and oxygen atoms in total. The summed E-state index contributed by atoms with van der Waals surface area (Å²) in [4.78, 5) is 99.2. The van der Waals surface area contributed by atoms with Gasteiger partial charge in [-0.05, 0) is 37.5 Å². The van der Waals surface area contributed by atoms with Gasteiger partial charge < -0.3 is 31.3 Å². The van der Waals surface area contributed by atoms with Crippen LogP contribution in [0.3, 0.4) is 0 Å². The number of carboxylic acid groups (broad SMARTS) is 1. The van der Waals surface area contributed by atoms with Crippen LogP contribution in [0.1, 0.15) is 77.7 Å². The molecule has 19 heteroatoms. The Labute approximate surface area is 297 Å². The summed E-state index contributed by atoms with van der Waals surface area (Å²) >= 11 is 0. The number of ketones is 1. The second-order valence-electron chi connectivity index (χ2n) is 13.8. The van der Waals surface area contributed by atoms with Crippen molar-refractivity contribution >= 4 is 41.3 Å². The molecule has 2 fully saturated rings. The molecule has 5 amide bonds. The zero-order valence-electron chi connectivity index (χ0n) is 29.6. The lowest BCUT2D eigenvalue weighted by Gasteiger charge is -2.34. The molecule has 52 heavy (non-hydrogen) atoms. The third-order valence-corrected chi connectivity index (χ3v) is 9.34. The minimum absolute atomic E-state index is 0.0449. The van der Waals surface area contributed by atoms with E-state index in [0.29, 0.717) is 0 Å². The van der Waals surface area contributed by atoms with Crippen LogP contribution in [0.2, 0.25) is 0 Å². The van der Waals surface area contributed by atoms with Crippen LogP contribution >= 0.6 is 0 Å². The van der Waals surface area contributed by atoms with E-state index in [1.54, 1.807) is 27.7 Å². The minimum atomic E-state index is -4.78. The molecule has 1 aliphatic carbocycles. The van der Waals surface area contributed by atoms with Crippen molar-refractivity contribution in [3.05, 3.63) is 24.3 Å². The molecule has 0 spiro atoms. The highest BCUT2D eigenvalue weighted by Crippen LogP contribution is 2.51. The zero-order chi connectivity index (χ0) is 39.3. The van der Waals surface area contributed by atoms with Gasteiger partial charge in [0.15, 0.2) is 0 Å². The first-order valence-electron chi connectivity index (χ1n) is 17.0. The van der Waals surface area contributed by atoms with Crippen molar-refractivity contribution in [1.29, 1.82) is 0 Å². The standard InChI is InChI=1S/C33H45F4N7O8/c1-7-8-20(25(45)33(36,37)31(52)40-17(6)30(50)51)41-28(48)24-18-9-10-32(34,35)19(18)14-44(24)29(49)23(16(4)5)43-27(47)22(15(2)3)42-26(46)21-13-38-11-12-39-21/h11-13,15-20,22-24H,7-10,14H2,1-6H3,(H,40,52)(H,41,48)(H,42,46)(H,43,47)(H,50,51)/t17-,18-,19-,20-,22-,23-,24-/m0/s1. The van der Waals surface area contributed by atoms with E-state index in [4.69, 9.17) is 5.11 Å². The number of alkyl halides is 4. The van der Waals surface area contributed by atoms with E-state index in [0.717, 1.165) is 11.8 Å². The molecule has 0 bridgehead atoms. The molecule has 1 saturated carbocycles. The second kappa shape index (κ2) is 16.8. The summed E-state index contributed by atoms with van der Waals surface area (Å²) in [5.41, 5.74) is -0.0797. The molecule has 0 unspecified atom stereocenters. The average molecular weight is 744 g/mol. The minimum Gasteiger partial charge on any atom is -0.480 e. The number of rotatable bonds is 16. The number of carbonyl (C=O) groups is 7. The van der Waals surface area contributed by atoms with Crippen molar-refractivity contribution in [3.63, 3.8) is 0 Å². The van der Waals surface area contributed by atoms with E-state index >= 15 is 17.6 Å². The average Bonchev–Trinajstić information content (AvgIpc) is 3.61. The summed E-state index contributed by atoms with van der Waals surface area (Å²) in [7, 11) is 0. The third kappa shape index (κ3) is 9.20. The zero-order valence-corrected chi connectivity index (χ0v) is 29.6. The number of nitrogens with one attached hydrogen (secondary N) is 4. The predicted molar refractivity (Wildman–Crippen MR) is 174 cm³/mol. The number of nitrogens with zero attached hydrogens (tertiary/aromatic N) is 3. The maximum atomic E-state index is 15.1. The molecule has 5 N–H and O–H groups in total. The Hall–Kier alpha value is -4.71. The summed E-state index contributed by atoms with van der Waals surface area (Å²) in [6.45, 7) is 8.14. The maximum Gasteiger partial charge on any atom is 0.383 e.